The number of aryl methyl sites for hydroxylation is 2. The van der Waals surface area contributed by atoms with Crippen LogP contribution in [0.2, 0.25) is 0 Å². The molecule has 3 heterocycles. The van der Waals surface area contributed by atoms with Gasteiger partial charge < -0.3 is 9.64 Å². The van der Waals surface area contributed by atoms with E-state index in [0.29, 0.717) is 0 Å². The molecule has 0 radical (unpaired) electrons. The maximum atomic E-state index is 13.1. The quantitative estimate of drug-likeness (QED) is 0.814. The van der Waals surface area contributed by atoms with E-state index in [0.717, 1.165) is 60.3 Å². The van der Waals surface area contributed by atoms with Gasteiger partial charge in [0.1, 0.15) is 9.88 Å². The van der Waals surface area contributed by atoms with Crippen molar-refractivity contribution >= 4 is 17.2 Å². The molecule has 0 aliphatic carbocycles. The van der Waals surface area contributed by atoms with E-state index in [-0.39, 0.29) is 11.3 Å². The van der Waals surface area contributed by atoms with Crippen molar-refractivity contribution in [3.63, 3.8) is 0 Å². The molecule has 2 fully saturated rings. The normalized spacial score (nSPS) is 23.4. The predicted octanol–water partition coefficient (Wildman–Crippen LogP) is 4.07. The van der Waals surface area contributed by atoms with Crippen LogP contribution in [0.25, 0.3) is 10.6 Å². The van der Waals surface area contributed by atoms with Gasteiger partial charge in [-0.25, -0.2) is 4.98 Å². The summed E-state index contributed by atoms with van der Waals surface area (Å²) in [6.07, 6.45) is 3.34. The van der Waals surface area contributed by atoms with Gasteiger partial charge in [0.2, 0.25) is 0 Å². The van der Waals surface area contributed by atoms with Gasteiger partial charge in [0, 0.05) is 30.7 Å². The van der Waals surface area contributed by atoms with Crippen LogP contribution in [0.1, 0.15) is 40.2 Å². The molecule has 2 aromatic rings. The summed E-state index contributed by atoms with van der Waals surface area (Å²) in [6.45, 7) is 7.35. The smallest absolute Gasteiger partial charge is 0.265 e. The van der Waals surface area contributed by atoms with Crippen LogP contribution in [-0.2, 0) is 4.74 Å². The highest BCUT2D eigenvalue weighted by atomic mass is 32.1. The fourth-order valence-corrected chi connectivity index (χ4v) is 5.13. The highest BCUT2D eigenvalue weighted by Gasteiger charge is 2.42. The zero-order valence-electron chi connectivity index (χ0n) is 14.9. The number of hydrogen-bond donors (Lipinski definition) is 0. The standard InChI is InChI=1S/C20H24N2O2S/c1-14-6-3-4-7-16(14)18-21-15(2)17(25-18)19(23)22-10-9-20(12-22)8-5-11-24-13-20/h3-4,6-7H,5,8-13H2,1-2H3. The molecule has 1 aromatic carbocycles. The van der Waals surface area contributed by atoms with Crippen molar-refractivity contribution in [3.05, 3.63) is 40.4 Å². The first-order chi connectivity index (χ1) is 12.1. The Labute approximate surface area is 152 Å². The molecule has 1 atom stereocenters. The van der Waals surface area contributed by atoms with Crippen molar-refractivity contribution in [1.82, 2.24) is 9.88 Å². The van der Waals surface area contributed by atoms with Crippen LogP contribution in [0.4, 0.5) is 0 Å². The SMILES string of the molecule is Cc1ccccc1-c1nc(C)c(C(=O)N2CCC3(CCCOC3)C2)s1. The fraction of sp³-hybridized carbons (Fsp3) is 0.500. The maximum absolute atomic E-state index is 13.1. The number of nitrogens with zero attached hydrogens (tertiary/aromatic N) is 2. The molecule has 2 aliphatic heterocycles. The van der Waals surface area contributed by atoms with Crippen molar-refractivity contribution < 1.29 is 9.53 Å². The predicted molar refractivity (Wildman–Crippen MR) is 100 cm³/mol. The number of benzene rings is 1. The lowest BCUT2D eigenvalue weighted by Gasteiger charge is -2.32. The van der Waals surface area contributed by atoms with Crippen LogP contribution < -0.4 is 0 Å². The van der Waals surface area contributed by atoms with Crippen LogP contribution in [0, 0.1) is 19.3 Å². The molecular weight excluding hydrogens is 332 g/mol. The lowest BCUT2D eigenvalue weighted by atomic mass is 9.82. The van der Waals surface area contributed by atoms with E-state index in [2.05, 4.69) is 24.0 Å². The topological polar surface area (TPSA) is 42.4 Å². The number of amides is 1. The number of aromatic nitrogens is 1. The Morgan fingerprint density at radius 1 is 1.28 bits per heavy atom. The van der Waals surface area contributed by atoms with Crippen LogP contribution >= 0.6 is 11.3 Å². The molecule has 1 aromatic heterocycles. The van der Waals surface area contributed by atoms with Gasteiger partial charge in [0.15, 0.2) is 0 Å². The van der Waals surface area contributed by atoms with Crippen molar-refractivity contribution in [2.24, 2.45) is 5.41 Å². The summed E-state index contributed by atoms with van der Waals surface area (Å²) >= 11 is 1.52. The Morgan fingerprint density at radius 3 is 2.88 bits per heavy atom. The molecule has 2 saturated heterocycles. The van der Waals surface area contributed by atoms with E-state index >= 15 is 0 Å². The molecule has 0 bridgehead atoms. The zero-order valence-corrected chi connectivity index (χ0v) is 15.7. The minimum Gasteiger partial charge on any atom is -0.381 e. The number of carbonyl (C=O) groups is 1. The first kappa shape index (κ1) is 16.7. The van der Waals surface area contributed by atoms with E-state index < -0.39 is 0 Å². The third-order valence-electron chi connectivity index (χ3n) is 5.50. The second kappa shape index (κ2) is 6.54. The number of hydrogen-bond acceptors (Lipinski definition) is 4. The van der Waals surface area contributed by atoms with Gasteiger partial charge >= 0.3 is 0 Å². The lowest BCUT2D eigenvalue weighted by molar-refractivity contribution is -0.00157. The van der Waals surface area contributed by atoms with Gasteiger partial charge in [0.25, 0.3) is 5.91 Å². The lowest BCUT2D eigenvalue weighted by Crippen LogP contribution is -2.37. The van der Waals surface area contributed by atoms with Gasteiger partial charge in [-0.3, -0.25) is 4.79 Å². The van der Waals surface area contributed by atoms with Crippen LogP contribution in [-0.4, -0.2) is 42.1 Å². The molecule has 1 unspecified atom stereocenters. The largest absolute Gasteiger partial charge is 0.381 e. The van der Waals surface area contributed by atoms with Crippen LogP contribution in [0.15, 0.2) is 24.3 Å². The Hall–Kier alpha value is -1.72. The number of likely N-dealkylation sites (tertiary alicyclic amines) is 1. The molecule has 0 saturated carbocycles. The third-order valence-corrected chi connectivity index (χ3v) is 6.67. The summed E-state index contributed by atoms with van der Waals surface area (Å²) in [5.74, 6) is 0.136. The molecule has 2 aliphatic rings. The van der Waals surface area contributed by atoms with Crippen LogP contribution in [0.3, 0.4) is 0 Å². The molecule has 25 heavy (non-hydrogen) atoms. The van der Waals surface area contributed by atoms with E-state index in [1.165, 1.54) is 23.3 Å². The first-order valence-electron chi connectivity index (χ1n) is 8.98. The summed E-state index contributed by atoms with van der Waals surface area (Å²) in [5.41, 5.74) is 3.34. The second-order valence-electron chi connectivity index (χ2n) is 7.38. The number of ether oxygens (including phenoxy) is 1. The van der Waals surface area contributed by atoms with Gasteiger partial charge in [-0.15, -0.1) is 11.3 Å². The third kappa shape index (κ3) is 3.11. The Bertz CT molecular complexity index is 793. The molecule has 4 rings (SSSR count). The van der Waals surface area contributed by atoms with E-state index in [4.69, 9.17) is 4.74 Å². The molecular formula is C20H24N2O2S. The van der Waals surface area contributed by atoms with E-state index in [9.17, 15) is 4.79 Å². The molecule has 0 N–H and O–H groups in total. The number of carbonyl (C=O) groups excluding carboxylic acids is 1. The number of thiazole rings is 1. The Morgan fingerprint density at radius 2 is 2.12 bits per heavy atom. The molecule has 1 spiro atoms. The summed E-state index contributed by atoms with van der Waals surface area (Å²) < 4.78 is 5.69. The minimum absolute atomic E-state index is 0.136. The number of rotatable bonds is 2. The van der Waals surface area contributed by atoms with Gasteiger partial charge in [-0.2, -0.15) is 0 Å². The van der Waals surface area contributed by atoms with Gasteiger partial charge in [-0.1, -0.05) is 24.3 Å². The highest BCUT2D eigenvalue weighted by Crippen LogP contribution is 2.39. The average Bonchev–Trinajstić information content (AvgIpc) is 3.20. The highest BCUT2D eigenvalue weighted by molar-refractivity contribution is 7.17. The average molecular weight is 356 g/mol. The Kier molecular flexibility index (Phi) is 4.38. The van der Waals surface area contributed by atoms with Crippen molar-refractivity contribution in [1.29, 1.82) is 0 Å². The fourth-order valence-electron chi connectivity index (χ4n) is 4.01. The second-order valence-corrected chi connectivity index (χ2v) is 8.38. The molecule has 132 valence electrons. The molecule has 4 nitrogen and oxygen atoms in total. The van der Waals surface area contributed by atoms with Crippen LogP contribution in [0.5, 0.6) is 0 Å². The summed E-state index contributed by atoms with van der Waals surface area (Å²) in [7, 11) is 0. The van der Waals surface area contributed by atoms with Gasteiger partial charge in [0.05, 0.1) is 12.3 Å². The minimum atomic E-state index is 0.136. The van der Waals surface area contributed by atoms with E-state index in [1.54, 1.807) is 0 Å². The Balaban J connectivity index is 1.56. The van der Waals surface area contributed by atoms with E-state index in [1.807, 2.05) is 24.0 Å². The summed E-state index contributed by atoms with van der Waals surface area (Å²) in [4.78, 5) is 20.6. The first-order valence-corrected chi connectivity index (χ1v) is 9.80. The molecule has 5 heteroatoms. The van der Waals surface area contributed by atoms with Crippen molar-refractivity contribution in [3.8, 4) is 10.6 Å². The van der Waals surface area contributed by atoms with Gasteiger partial charge in [-0.05, 0) is 38.7 Å². The maximum Gasteiger partial charge on any atom is 0.265 e. The van der Waals surface area contributed by atoms with Crippen molar-refractivity contribution in [2.75, 3.05) is 26.3 Å². The monoisotopic (exact) mass is 356 g/mol. The van der Waals surface area contributed by atoms with Crippen molar-refractivity contribution in [2.45, 2.75) is 33.1 Å². The molecule has 1 amide bonds. The summed E-state index contributed by atoms with van der Waals surface area (Å²) in [5, 5.41) is 0.939. The summed E-state index contributed by atoms with van der Waals surface area (Å²) in [6, 6.07) is 8.21. The zero-order chi connectivity index (χ0) is 17.4.